The van der Waals surface area contributed by atoms with Crippen LogP contribution in [0.3, 0.4) is 0 Å². The second kappa shape index (κ2) is 6.87. The minimum Gasteiger partial charge on any atom is -0.358 e. The van der Waals surface area contributed by atoms with Crippen LogP contribution in [-0.4, -0.2) is 10.1 Å². The van der Waals surface area contributed by atoms with Gasteiger partial charge < -0.3 is 10.6 Å². The lowest BCUT2D eigenvalue weighted by atomic mass is 10.1. The van der Waals surface area contributed by atoms with Gasteiger partial charge in [-0.3, -0.25) is 0 Å². The average Bonchev–Trinajstić information content (AvgIpc) is 2.65. The van der Waals surface area contributed by atoms with Gasteiger partial charge in [0, 0.05) is 23.0 Å². The number of benzene rings is 3. The summed E-state index contributed by atoms with van der Waals surface area (Å²) in [5.41, 5.74) is 4.07. The molecule has 0 spiro atoms. The van der Waals surface area contributed by atoms with Crippen molar-refractivity contribution in [3.63, 3.8) is 0 Å². The first-order chi connectivity index (χ1) is 12.3. The highest BCUT2D eigenvalue weighted by Gasteiger charge is 2.03. The van der Waals surface area contributed by atoms with Crippen LogP contribution in [0.4, 0.5) is 5.69 Å². The Balaban J connectivity index is 1.51. The molecule has 3 nitrogen and oxygen atoms in total. The Morgan fingerprint density at radius 3 is 2.44 bits per heavy atom. The van der Waals surface area contributed by atoms with E-state index >= 15 is 0 Å². The molecule has 25 heavy (non-hydrogen) atoms. The fourth-order valence-electron chi connectivity index (χ4n) is 2.80. The number of hydrogen-bond acceptors (Lipinski definition) is 2. The topological polar surface area (TPSA) is 37.0 Å². The minimum absolute atomic E-state index is 0.601. The lowest BCUT2D eigenvalue weighted by Crippen LogP contribution is -2.27. The summed E-state index contributed by atoms with van der Waals surface area (Å²) in [7, 11) is 0. The largest absolute Gasteiger partial charge is 0.358 e. The molecule has 0 saturated carbocycles. The lowest BCUT2D eigenvalue weighted by Gasteiger charge is -2.11. The normalized spacial score (nSPS) is 10.7. The molecule has 4 rings (SSSR count). The van der Waals surface area contributed by atoms with E-state index in [1.807, 2.05) is 48.5 Å². The van der Waals surface area contributed by atoms with E-state index in [0.29, 0.717) is 11.7 Å². The Morgan fingerprint density at radius 2 is 1.56 bits per heavy atom. The summed E-state index contributed by atoms with van der Waals surface area (Å²) in [5.74, 6) is 0. The summed E-state index contributed by atoms with van der Waals surface area (Å²) in [5, 5.41) is 9.33. The number of anilines is 1. The molecule has 0 unspecified atom stereocenters. The van der Waals surface area contributed by atoms with Gasteiger partial charge in [0.15, 0.2) is 5.11 Å². The number of pyridine rings is 1. The van der Waals surface area contributed by atoms with Gasteiger partial charge in [0.1, 0.15) is 0 Å². The quantitative estimate of drug-likeness (QED) is 0.411. The molecule has 0 atom stereocenters. The molecule has 0 saturated heterocycles. The van der Waals surface area contributed by atoms with Crippen LogP contribution in [0.5, 0.6) is 0 Å². The summed E-state index contributed by atoms with van der Waals surface area (Å²) in [6.45, 7) is 0.698. The summed E-state index contributed by atoms with van der Waals surface area (Å²) >= 11 is 5.39. The molecule has 2 N–H and O–H groups in total. The zero-order valence-electron chi connectivity index (χ0n) is 13.6. The fraction of sp³-hybridized carbons (Fsp3) is 0.0476. The molecular weight excluding hydrogens is 326 g/mol. The fourth-order valence-corrected chi connectivity index (χ4v) is 2.99. The number of fused-ring (bicyclic) bond motifs is 2. The number of hydrogen-bond donors (Lipinski definition) is 2. The highest BCUT2D eigenvalue weighted by molar-refractivity contribution is 7.80. The summed E-state index contributed by atoms with van der Waals surface area (Å²) in [4.78, 5) is 4.74. The van der Waals surface area contributed by atoms with Gasteiger partial charge >= 0.3 is 0 Å². The van der Waals surface area contributed by atoms with E-state index in [9.17, 15) is 0 Å². The molecule has 4 heteroatoms. The Hall–Kier alpha value is -2.98. The molecule has 0 fully saturated rings. The van der Waals surface area contributed by atoms with E-state index in [0.717, 1.165) is 27.5 Å². The SMILES string of the molecule is S=C(NCc1ccccc1)Nc1ccc2cc3ccccc3nc2c1. The van der Waals surface area contributed by atoms with Crippen LogP contribution < -0.4 is 10.6 Å². The van der Waals surface area contributed by atoms with Crippen molar-refractivity contribution in [1.29, 1.82) is 0 Å². The van der Waals surface area contributed by atoms with E-state index in [2.05, 4.69) is 41.0 Å². The first kappa shape index (κ1) is 15.5. The Bertz CT molecular complexity index is 1040. The van der Waals surface area contributed by atoms with Crippen LogP contribution in [0, 0.1) is 0 Å². The highest BCUT2D eigenvalue weighted by Crippen LogP contribution is 2.22. The highest BCUT2D eigenvalue weighted by atomic mass is 32.1. The van der Waals surface area contributed by atoms with Gasteiger partial charge in [-0.1, -0.05) is 54.6 Å². The monoisotopic (exact) mass is 343 g/mol. The van der Waals surface area contributed by atoms with Gasteiger partial charge in [-0.25, -0.2) is 4.98 Å². The van der Waals surface area contributed by atoms with Crippen LogP contribution in [0.25, 0.3) is 21.8 Å². The number of aromatic nitrogens is 1. The number of para-hydroxylation sites is 1. The summed E-state index contributed by atoms with van der Waals surface area (Å²) in [6, 6.07) is 26.6. The van der Waals surface area contributed by atoms with Crippen LogP contribution in [0.15, 0.2) is 78.9 Å². The van der Waals surface area contributed by atoms with Crippen molar-refractivity contribution in [2.24, 2.45) is 0 Å². The number of nitrogens with one attached hydrogen (secondary N) is 2. The van der Waals surface area contributed by atoms with Gasteiger partial charge in [0.25, 0.3) is 0 Å². The van der Waals surface area contributed by atoms with E-state index in [1.165, 1.54) is 5.56 Å². The predicted molar refractivity (Wildman–Crippen MR) is 109 cm³/mol. The van der Waals surface area contributed by atoms with Gasteiger partial charge in [-0.05, 0) is 42.0 Å². The van der Waals surface area contributed by atoms with E-state index in [1.54, 1.807) is 0 Å². The van der Waals surface area contributed by atoms with Crippen molar-refractivity contribution in [2.45, 2.75) is 6.54 Å². The zero-order chi connectivity index (χ0) is 17.1. The van der Waals surface area contributed by atoms with Crippen molar-refractivity contribution in [3.05, 3.63) is 84.4 Å². The maximum atomic E-state index is 5.39. The average molecular weight is 343 g/mol. The number of nitrogens with zero attached hydrogens (tertiary/aromatic N) is 1. The second-order valence-corrected chi connectivity index (χ2v) is 6.29. The molecule has 0 radical (unpaired) electrons. The second-order valence-electron chi connectivity index (χ2n) is 5.88. The van der Waals surface area contributed by atoms with Gasteiger partial charge in [0.05, 0.1) is 11.0 Å². The molecule has 0 aliphatic carbocycles. The molecular formula is C21H17N3S. The van der Waals surface area contributed by atoms with Crippen LogP contribution in [0.2, 0.25) is 0 Å². The number of thiocarbonyl (C=S) groups is 1. The molecule has 4 aromatic rings. The standard InChI is InChI=1S/C21H17N3S/c25-21(22-14-15-6-2-1-3-7-15)23-18-11-10-17-12-16-8-4-5-9-19(16)24-20(17)13-18/h1-13H,14H2,(H2,22,23,25). The molecule has 0 amide bonds. The van der Waals surface area contributed by atoms with Gasteiger partial charge in [-0.2, -0.15) is 0 Å². The minimum atomic E-state index is 0.601. The molecule has 0 bridgehead atoms. The molecule has 1 aromatic heterocycles. The molecule has 0 aliphatic heterocycles. The van der Waals surface area contributed by atoms with Crippen molar-refractivity contribution in [3.8, 4) is 0 Å². The molecule has 0 aliphatic rings. The Labute approximate surface area is 151 Å². The Morgan fingerprint density at radius 1 is 0.800 bits per heavy atom. The van der Waals surface area contributed by atoms with Crippen LogP contribution >= 0.6 is 12.2 Å². The van der Waals surface area contributed by atoms with E-state index in [-0.39, 0.29) is 0 Å². The third-order valence-corrected chi connectivity index (χ3v) is 4.32. The third-order valence-electron chi connectivity index (χ3n) is 4.07. The molecule has 3 aromatic carbocycles. The van der Waals surface area contributed by atoms with Crippen molar-refractivity contribution in [2.75, 3.05) is 5.32 Å². The van der Waals surface area contributed by atoms with E-state index in [4.69, 9.17) is 17.2 Å². The maximum Gasteiger partial charge on any atom is 0.171 e. The lowest BCUT2D eigenvalue weighted by molar-refractivity contribution is 0.926. The Kier molecular flexibility index (Phi) is 4.27. The van der Waals surface area contributed by atoms with Crippen LogP contribution in [0.1, 0.15) is 5.56 Å². The zero-order valence-corrected chi connectivity index (χ0v) is 14.4. The predicted octanol–water partition coefficient (Wildman–Crippen LogP) is 4.87. The molecule has 1 heterocycles. The first-order valence-corrected chi connectivity index (χ1v) is 8.57. The van der Waals surface area contributed by atoms with Gasteiger partial charge in [-0.15, -0.1) is 0 Å². The maximum absolute atomic E-state index is 5.39. The van der Waals surface area contributed by atoms with Crippen molar-refractivity contribution in [1.82, 2.24) is 10.3 Å². The smallest absolute Gasteiger partial charge is 0.171 e. The molecule has 122 valence electrons. The number of rotatable bonds is 3. The summed E-state index contributed by atoms with van der Waals surface area (Å²) < 4.78 is 0. The summed E-state index contributed by atoms with van der Waals surface area (Å²) in [6.07, 6.45) is 0. The van der Waals surface area contributed by atoms with Crippen LogP contribution in [-0.2, 0) is 6.54 Å². The first-order valence-electron chi connectivity index (χ1n) is 8.16. The van der Waals surface area contributed by atoms with Crippen molar-refractivity contribution >= 4 is 44.8 Å². The van der Waals surface area contributed by atoms with E-state index < -0.39 is 0 Å². The van der Waals surface area contributed by atoms with Gasteiger partial charge in [0.2, 0.25) is 0 Å². The third kappa shape index (κ3) is 3.59. The van der Waals surface area contributed by atoms with Crippen molar-refractivity contribution < 1.29 is 0 Å².